The fraction of sp³-hybridized carbons (Fsp3) is 0.240. The fourth-order valence-electron chi connectivity index (χ4n) is 3.67. The van der Waals surface area contributed by atoms with Gasteiger partial charge in [0.1, 0.15) is 0 Å². The molecule has 1 aliphatic rings. The number of fused-ring (bicyclic) bond motifs is 1. The number of hydrogen-bond acceptors (Lipinski definition) is 5. The van der Waals surface area contributed by atoms with Gasteiger partial charge in [0.2, 0.25) is 5.91 Å². The number of amides is 1. The van der Waals surface area contributed by atoms with E-state index in [1.54, 1.807) is 11.0 Å². The molecule has 32 heavy (non-hydrogen) atoms. The van der Waals surface area contributed by atoms with Crippen LogP contribution in [-0.2, 0) is 9.59 Å². The summed E-state index contributed by atoms with van der Waals surface area (Å²) in [6.07, 6.45) is 2.78. The number of carbonyl (C=O) groups is 1. The van der Waals surface area contributed by atoms with Crippen LogP contribution in [0.4, 0.5) is 5.69 Å². The number of nitrogens with zero attached hydrogens (tertiary/aromatic N) is 2. The summed E-state index contributed by atoms with van der Waals surface area (Å²) >= 11 is 1.20. The van der Waals surface area contributed by atoms with Gasteiger partial charge >= 0.3 is 18.9 Å². The van der Waals surface area contributed by atoms with E-state index in [1.165, 1.54) is 11.8 Å². The van der Waals surface area contributed by atoms with Crippen LogP contribution in [0.15, 0.2) is 71.7 Å². The second kappa shape index (κ2) is 11.5. The third-order valence-corrected chi connectivity index (χ3v) is 6.32. The van der Waals surface area contributed by atoms with E-state index in [2.05, 4.69) is 10.5 Å². The van der Waals surface area contributed by atoms with Gasteiger partial charge in [0, 0.05) is 13.1 Å². The SMILES string of the molecule is O=[C-]c1cc2ccccc2cc1N=[C-]SC(C(=O)N1CCC(O)CC1)c1ccccc1.[Li+]. The molecule has 7 heteroatoms. The number of benzene rings is 3. The second-order valence-electron chi connectivity index (χ2n) is 7.49. The zero-order valence-corrected chi connectivity index (χ0v) is 18.7. The van der Waals surface area contributed by atoms with E-state index in [-0.39, 0.29) is 30.9 Å². The molecule has 0 radical (unpaired) electrons. The van der Waals surface area contributed by atoms with Crippen molar-refractivity contribution in [3.8, 4) is 0 Å². The van der Waals surface area contributed by atoms with Crippen LogP contribution in [0.5, 0.6) is 0 Å². The number of aliphatic imine (C=N–C) groups is 1. The molecule has 4 rings (SSSR count). The minimum absolute atomic E-state index is 0. The van der Waals surface area contributed by atoms with Crippen LogP contribution in [-0.4, -0.2) is 46.9 Å². The molecule has 0 bridgehead atoms. The molecular weight excluding hydrogens is 415 g/mol. The van der Waals surface area contributed by atoms with Crippen molar-refractivity contribution in [3.63, 3.8) is 0 Å². The summed E-state index contributed by atoms with van der Waals surface area (Å²) in [6.45, 7) is 1.08. The quantitative estimate of drug-likeness (QED) is 0.273. The average molecular weight is 437 g/mol. The van der Waals surface area contributed by atoms with Crippen molar-refractivity contribution in [2.75, 3.05) is 13.1 Å². The van der Waals surface area contributed by atoms with Crippen LogP contribution < -0.4 is 18.9 Å². The van der Waals surface area contributed by atoms with Crippen LogP contribution in [0.3, 0.4) is 0 Å². The van der Waals surface area contributed by atoms with Gasteiger partial charge in [0.05, 0.1) is 17.6 Å². The molecular formula is C25H22LiN2O3S-. The molecule has 1 fully saturated rings. The maximum absolute atomic E-state index is 13.2. The fourth-order valence-corrected chi connectivity index (χ4v) is 4.47. The first-order chi connectivity index (χ1) is 15.2. The molecule has 0 aromatic heterocycles. The summed E-state index contributed by atoms with van der Waals surface area (Å²) < 4.78 is 0. The molecule has 1 unspecified atom stereocenters. The third-order valence-electron chi connectivity index (χ3n) is 5.41. The maximum Gasteiger partial charge on any atom is 1.00 e. The molecule has 1 N–H and O–H groups in total. The van der Waals surface area contributed by atoms with Gasteiger partial charge in [0.25, 0.3) is 0 Å². The van der Waals surface area contributed by atoms with Gasteiger partial charge in [-0.2, -0.15) is 11.6 Å². The number of likely N-dealkylation sites (tertiary alicyclic amines) is 1. The minimum atomic E-state index is -0.496. The number of aliphatic hydroxyl groups excluding tert-OH is 1. The molecule has 1 saturated heterocycles. The van der Waals surface area contributed by atoms with Crippen molar-refractivity contribution in [2.24, 2.45) is 4.99 Å². The summed E-state index contributed by atoms with van der Waals surface area (Å²) in [6, 6.07) is 20.8. The van der Waals surface area contributed by atoms with Gasteiger partial charge in [-0.1, -0.05) is 60.0 Å². The van der Waals surface area contributed by atoms with Gasteiger partial charge in [0.15, 0.2) is 0 Å². The van der Waals surface area contributed by atoms with Crippen LogP contribution in [0.25, 0.3) is 10.8 Å². The van der Waals surface area contributed by atoms with Crippen molar-refractivity contribution in [1.29, 1.82) is 0 Å². The van der Waals surface area contributed by atoms with Crippen molar-refractivity contribution >= 4 is 46.0 Å². The molecule has 1 amide bonds. The van der Waals surface area contributed by atoms with Crippen LogP contribution in [0.1, 0.15) is 29.2 Å². The Balaban J connectivity index is 0.00000289. The summed E-state index contributed by atoms with van der Waals surface area (Å²) in [7, 11) is 0. The molecule has 1 heterocycles. The van der Waals surface area contributed by atoms with Gasteiger partial charge in [-0.25, -0.2) is 11.8 Å². The Labute approximate surface area is 204 Å². The Bertz CT molecular complexity index is 1100. The molecule has 3 aromatic carbocycles. The summed E-state index contributed by atoms with van der Waals surface area (Å²) in [5, 5.41) is 11.2. The van der Waals surface area contributed by atoms with Crippen molar-refractivity contribution in [1.82, 2.24) is 4.90 Å². The topological polar surface area (TPSA) is 70.0 Å². The number of aliphatic hydroxyl groups is 1. The van der Waals surface area contributed by atoms with Crippen LogP contribution >= 0.6 is 11.8 Å². The first-order valence-electron chi connectivity index (χ1n) is 10.2. The first-order valence-corrected chi connectivity index (χ1v) is 11.1. The van der Waals surface area contributed by atoms with Gasteiger partial charge in [-0.3, -0.25) is 4.79 Å². The Morgan fingerprint density at radius 3 is 2.31 bits per heavy atom. The third kappa shape index (κ3) is 5.70. The Hall–Kier alpha value is -2.36. The van der Waals surface area contributed by atoms with Gasteiger partial charge < -0.3 is 19.8 Å². The second-order valence-corrected chi connectivity index (χ2v) is 8.38. The summed E-state index contributed by atoms with van der Waals surface area (Å²) in [5.41, 5.74) is 4.64. The van der Waals surface area contributed by atoms with Crippen molar-refractivity contribution in [3.05, 3.63) is 77.9 Å². The van der Waals surface area contributed by atoms with E-state index in [9.17, 15) is 14.7 Å². The van der Waals surface area contributed by atoms with Crippen LogP contribution in [0, 0.1) is 0 Å². The van der Waals surface area contributed by atoms with Crippen molar-refractivity contribution in [2.45, 2.75) is 24.2 Å². The molecule has 0 saturated carbocycles. The Morgan fingerprint density at radius 2 is 1.66 bits per heavy atom. The van der Waals surface area contributed by atoms with Crippen molar-refractivity contribution < 1.29 is 33.6 Å². The number of thioether (sulfide) groups is 1. The average Bonchev–Trinajstić information content (AvgIpc) is 2.82. The molecule has 1 atom stereocenters. The molecule has 0 aliphatic carbocycles. The maximum atomic E-state index is 13.2. The summed E-state index contributed by atoms with van der Waals surface area (Å²) in [5.74, 6) is -0.0218. The predicted molar refractivity (Wildman–Crippen MR) is 124 cm³/mol. The first kappa shape index (κ1) is 24.3. The standard InChI is InChI=1S/C25H22N2O3S.Li/c28-16-21-14-19-8-4-5-9-20(19)15-23(21)26-17-31-24(18-6-2-1-3-7-18)25(30)27-12-10-22(29)11-13-27;/h1-9,14-15,22,24,29H,10-13H2;/q-2;+1. The van der Waals surface area contributed by atoms with E-state index in [0.717, 1.165) is 16.3 Å². The van der Waals surface area contributed by atoms with Gasteiger partial charge in [-0.15, -0.1) is 17.3 Å². The van der Waals surface area contributed by atoms with E-state index in [0.29, 0.717) is 37.2 Å². The van der Waals surface area contributed by atoms with Crippen LogP contribution in [0.2, 0.25) is 0 Å². The molecule has 5 nitrogen and oxygen atoms in total. The Morgan fingerprint density at radius 1 is 1.03 bits per heavy atom. The van der Waals surface area contributed by atoms with E-state index >= 15 is 0 Å². The number of rotatable bonds is 6. The minimum Gasteiger partial charge on any atom is -0.446 e. The summed E-state index contributed by atoms with van der Waals surface area (Å²) in [4.78, 5) is 30.8. The molecule has 158 valence electrons. The van der Waals surface area contributed by atoms with E-state index in [1.807, 2.05) is 66.9 Å². The molecule has 1 aliphatic heterocycles. The largest absolute Gasteiger partial charge is 1.00 e. The van der Waals surface area contributed by atoms with Gasteiger partial charge in [-0.05, 0) is 23.8 Å². The van der Waals surface area contributed by atoms with E-state index < -0.39 is 5.25 Å². The molecule has 0 spiro atoms. The number of hydrogen-bond donors (Lipinski definition) is 1. The zero-order chi connectivity index (χ0) is 21.6. The zero-order valence-electron chi connectivity index (χ0n) is 17.9. The van der Waals surface area contributed by atoms with E-state index in [4.69, 9.17) is 0 Å². The molecule has 3 aromatic rings. The Kier molecular flexibility index (Phi) is 8.72. The number of piperidine rings is 1. The monoisotopic (exact) mass is 437 g/mol. The number of carbonyl (C=O) groups excluding carboxylic acids is 2. The smallest absolute Gasteiger partial charge is 0.446 e. The predicted octanol–water partition coefficient (Wildman–Crippen LogP) is 1.30. The normalized spacial score (nSPS) is 15.5.